The first kappa shape index (κ1) is 12.6. The van der Waals surface area contributed by atoms with E-state index in [-0.39, 0.29) is 6.61 Å². The molecule has 0 N–H and O–H groups in total. The van der Waals surface area contributed by atoms with Gasteiger partial charge < -0.3 is 4.74 Å². The van der Waals surface area contributed by atoms with Crippen LogP contribution in [0.2, 0.25) is 0 Å². The van der Waals surface area contributed by atoms with Gasteiger partial charge in [-0.3, -0.25) is 0 Å². The first-order valence-electron chi connectivity index (χ1n) is 5.69. The standard InChI is InChI=1S/C15H14F2O/c1-10-3-4-15(11(2)5-10)18-9-12-6-13(16)8-14(17)7-12/h3-8H,9H2,1-2H3. The molecular weight excluding hydrogens is 234 g/mol. The molecule has 0 saturated carbocycles. The van der Waals surface area contributed by atoms with E-state index in [9.17, 15) is 8.78 Å². The molecule has 0 spiro atoms. The quantitative estimate of drug-likeness (QED) is 0.792. The molecule has 18 heavy (non-hydrogen) atoms. The van der Waals surface area contributed by atoms with Crippen molar-refractivity contribution in [3.63, 3.8) is 0 Å². The number of rotatable bonds is 3. The van der Waals surface area contributed by atoms with Gasteiger partial charge in [-0.25, -0.2) is 8.78 Å². The van der Waals surface area contributed by atoms with E-state index >= 15 is 0 Å². The zero-order chi connectivity index (χ0) is 13.1. The minimum Gasteiger partial charge on any atom is -0.489 e. The van der Waals surface area contributed by atoms with Crippen LogP contribution in [-0.2, 0) is 6.61 Å². The average molecular weight is 248 g/mol. The van der Waals surface area contributed by atoms with Crippen LogP contribution in [0.25, 0.3) is 0 Å². The highest BCUT2D eigenvalue weighted by Gasteiger charge is 2.03. The topological polar surface area (TPSA) is 9.23 Å². The summed E-state index contributed by atoms with van der Waals surface area (Å²) in [5.74, 6) is -0.450. The smallest absolute Gasteiger partial charge is 0.126 e. The van der Waals surface area contributed by atoms with Gasteiger partial charge in [0.1, 0.15) is 24.0 Å². The third-order valence-corrected chi connectivity index (χ3v) is 2.65. The van der Waals surface area contributed by atoms with Crippen molar-refractivity contribution < 1.29 is 13.5 Å². The van der Waals surface area contributed by atoms with Gasteiger partial charge >= 0.3 is 0 Å². The summed E-state index contributed by atoms with van der Waals surface area (Å²) in [5, 5.41) is 0. The fourth-order valence-electron chi connectivity index (χ4n) is 1.82. The summed E-state index contributed by atoms with van der Waals surface area (Å²) in [6.07, 6.45) is 0. The maximum Gasteiger partial charge on any atom is 0.126 e. The molecular formula is C15H14F2O. The second-order valence-electron chi connectivity index (χ2n) is 4.34. The highest BCUT2D eigenvalue weighted by atomic mass is 19.1. The van der Waals surface area contributed by atoms with Crippen molar-refractivity contribution in [1.29, 1.82) is 0 Å². The summed E-state index contributed by atoms with van der Waals surface area (Å²) in [6, 6.07) is 9.19. The Kier molecular flexibility index (Phi) is 3.60. The highest BCUT2D eigenvalue weighted by Crippen LogP contribution is 2.20. The van der Waals surface area contributed by atoms with Crippen LogP contribution < -0.4 is 4.74 Å². The van der Waals surface area contributed by atoms with Gasteiger partial charge in [-0.2, -0.15) is 0 Å². The molecule has 0 radical (unpaired) electrons. The minimum absolute atomic E-state index is 0.151. The molecule has 0 amide bonds. The van der Waals surface area contributed by atoms with Gasteiger partial charge in [-0.05, 0) is 43.2 Å². The Hall–Kier alpha value is -1.90. The van der Waals surface area contributed by atoms with Crippen LogP contribution in [-0.4, -0.2) is 0 Å². The second-order valence-corrected chi connectivity index (χ2v) is 4.34. The number of aryl methyl sites for hydroxylation is 2. The zero-order valence-corrected chi connectivity index (χ0v) is 10.3. The van der Waals surface area contributed by atoms with E-state index in [1.807, 2.05) is 32.0 Å². The third kappa shape index (κ3) is 3.06. The van der Waals surface area contributed by atoms with Gasteiger partial charge in [0.2, 0.25) is 0 Å². The van der Waals surface area contributed by atoms with Crippen molar-refractivity contribution in [2.45, 2.75) is 20.5 Å². The molecule has 0 aromatic heterocycles. The summed E-state index contributed by atoms with van der Waals surface area (Å²) in [7, 11) is 0. The predicted octanol–water partition coefficient (Wildman–Crippen LogP) is 4.16. The average Bonchev–Trinajstić information content (AvgIpc) is 2.26. The fraction of sp³-hybridized carbons (Fsp3) is 0.200. The Bertz CT molecular complexity index is 544. The maximum atomic E-state index is 13.0. The number of halogens is 2. The minimum atomic E-state index is -0.589. The lowest BCUT2D eigenvalue weighted by molar-refractivity contribution is 0.302. The Balaban J connectivity index is 2.11. The van der Waals surface area contributed by atoms with Crippen molar-refractivity contribution >= 4 is 0 Å². The van der Waals surface area contributed by atoms with E-state index in [2.05, 4.69) is 0 Å². The molecule has 0 aliphatic rings. The molecule has 0 bridgehead atoms. The van der Waals surface area contributed by atoms with Crippen LogP contribution in [0, 0.1) is 25.5 Å². The molecule has 0 aliphatic carbocycles. The van der Waals surface area contributed by atoms with E-state index in [0.29, 0.717) is 5.56 Å². The Morgan fingerprint density at radius 1 is 0.944 bits per heavy atom. The molecule has 94 valence electrons. The van der Waals surface area contributed by atoms with Crippen molar-refractivity contribution in [3.05, 3.63) is 64.7 Å². The van der Waals surface area contributed by atoms with Crippen molar-refractivity contribution in [1.82, 2.24) is 0 Å². The molecule has 2 rings (SSSR count). The van der Waals surface area contributed by atoms with E-state index in [4.69, 9.17) is 4.74 Å². The molecule has 0 fully saturated rings. The lowest BCUT2D eigenvalue weighted by Crippen LogP contribution is -1.98. The highest BCUT2D eigenvalue weighted by molar-refractivity contribution is 5.35. The fourth-order valence-corrected chi connectivity index (χ4v) is 1.82. The number of hydrogen-bond donors (Lipinski definition) is 0. The van der Waals surface area contributed by atoms with Gasteiger partial charge in [0.05, 0.1) is 0 Å². The second kappa shape index (κ2) is 5.17. The van der Waals surface area contributed by atoms with Crippen LogP contribution in [0.15, 0.2) is 36.4 Å². The van der Waals surface area contributed by atoms with Crippen LogP contribution in [0.4, 0.5) is 8.78 Å². The predicted molar refractivity (Wildman–Crippen MR) is 66.6 cm³/mol. The molecule has 0 unspecified atom stereocenters. The van der Waals surface area contributed by atoms with Crippen LogP contribution in [0.1, 0.15) is 16.7 Å². The van der Waals surface area contributed by atoms with E-state index in [0.717, 1.165) is 22.9 Å². The first-order valence-corrected chi connectivity index (χ1v) is 5.69. The van der Waals surface area contributed by atoms with E-state index < -0.39 is 11.6 Å². The molecule has 2 aromatic rings. The van der Waals surface area contributed by atoms with Gasteiger partial charge in [0, 0.05) is 6.07 Å². The number of hydrogen-bond acceptors (Lipinski definition) is 1. The normalized spacial score (nSPS) is 10.4. The van der Waals surface area contributed by atoms with Crippen molar-refractivity contribution in [2.75, 3.05) is 0 Å². The van der Waals surface area contributed by atoms with Crippen molar-refractivity contribution in [2.24, 2.45) is 0 Å². The largest absolute Gasteiger partial charge is 0.489 e. The number of ether oxygens (including phenoxy) is 1. The lowest BCUT2D eigenvalue weighted by atomic mass is 10.1. The molecule has 0 saturated heterocycles. The van der Waals surface area contributed by atoms with Crippen LogP contribution in [0.5, 0.6) is 5.75 Å². The molecule has 0 atom stereocenters. The van der Waals surface area contributed by atoms with Gasteiger partial charge in [-0.15, -0.1) is 0 Å². The first-order chi connectivity index (χ1) is 8.54. The number of benzene rings is 2. The van der Waals surface area contributed by atoms with Gasteiger partial charge in [0.15, 0.2) is 0 Å². The third-order valence-electron chi connectivity index (χ3n) is 2.65. The van der Waals surface area contributed by atoms with E-state index in [1.54, 1.807) is 0 Å². The SMILES string of the molecule is Cc1ccc(OCc2cc(F)cc(F)c2)c(C)c1. The van der Waals surface area contributed by atoms with E-state index in [1.165, 1.54) is 12.1 Å². The molecule has 1 nitrogen and oxygen atoms in total. The summed E-state index contributed by atoms with van der Waals surface area (Å²) in [4.78, 5) is 0. The Morgan fingerprint density at radius 2 is 1.61 bits per heavy atom. The summed E-state index contributed by atoms with van der Waals surface area (Å²) in [6.45, 7) is 4.09. The monoisotopic (exact) mass is 248 g/mol. The van der Waals surface area contributed by atoms with Crippen molar-refractivity contribution in [3.8, 4) is 5.75 Å². The summed E-state index contributed by atoms with van der Waals surface area (Å²) < 4.78 is 31.5. The molecule has 2 aromatic carbocycles. The molecule has 0 aliphatic heterocycles. The summed E-state index contributed by atoms with van der Waals surface area (Å²) in [5.41, 5.74) is 2.64. The molecule has 0 heterocycles. The Morgan fingerprint density at radius 3 is 2.22 bits per heavy atom. The molecule has 3 heteroatoms. The lowest BCUT2D eigenvalue weighted by Gasteiger charge is -2.10. The Labute approximate surface area is 105 Å². The van der Waals surface area contributed by atoms with Gasteiger partial charge in [-0.1, -0.05) is 17.7 Å². The van der Waals surface area contributed by atoms with Crippen LogP contribution in [0.3, 0.4) is 0 Å². The zero-order valence-electron chi connectivity index (χ0n) is 10.3. The maximum absolute atomic E-state index is 13.0. The van der Waals surface area contributed by atoms with Crippen LogP contribution >= 0.6 is 0 Å². The van der Waals surface area contributed by atoms with Gasteiger partial charge in [0.25, 0.3) is 0 Å². The summed E-state index contributed by atoms with van der Waals surface area (Å²) >= 11 is 0.